The second-order valence-corrected chi connectivity index (χ2v) is 14.2. The number of anilines is 1. The van der Waals surface area contributed by atoms with Crippen molar-refractivity contribution >= 4 is 50.7 Å². The third kappa shape index (κ3) is 7.53. The van der Waals surface area contributed by atoms with Crippen molar-refractivity contribution in [2.45, 2.75) is 23.8 Å². The summed E-state index contributed by atoms with van der Waals surface area (Å²) in [7, 11) is -1.84. The lowest BCUT2D eigenvalue weighted by Gasteiger charge is -2.42. The van der Waals surface area contributed by atoms with Crippen LogP contribution in [0.5, 0.6) is 5.75 Å². The fraction of sp³-hybridized carbons (Fsp3) is 0.200. The Morgan fingerprint density at radius 1 is 0.979 bits per heavy atom. The molecular weight excluding hydrogens is 675 g/mol. The van der Waals surface area contributed by atoms with E-state index in [4.69, 9.17) is 31.0 Å². The van der Waals surface area contributed by atoms with Crippen LogP contribution in [0.3, 0.4) is 0 Å². The van der Waals surface area contributed by atoms with E-state index in [0.717, 1.165) is 10.7 Å². The molecule has 4 aromatic carbocycles. The highest BCUT2D eigenvalue weighted by molar-refractivity contribution is 7.91. The van der Waals surface area contributed by atoms with Crippen LogP contribution in [-0.2, 0) is 38.2 Å². The number of thiazole rings is 1. The van der Waals surface area contributed by atoms with Gasteiger partial charge < -0.3 is 19.5 Å². The lowest BCUT2D eigenvalue weighted by molar-refractivity contribution is -0.0920. The van der Waals surface area contributed by atoms with Crippen LogP contribution in [0.4, 0.5) is 15.8 Å². The first-order valence-corrected chi connectivity index (χ1v) is 17.9. The quantitative estimate of drug-likeness (QED) is 0.0718. The fourth-order valence-corrected chi connectivity index (χ4v) is 7.33. The Hall–Kier alpha value is -4.33. The normalized spacial score (nSPS) is 15.7. The van der Waals surface area contributed by atoms with Gasteiger partial charge in [0, 0.05) is 40.9 Å². The van der Waals surface area contributed by atoms with Gasteiger partial charge in [-0.05, 0) is 48.0 Å². The number of ether oxygens (including phenoxy) is 3. The first kappa shape index (κ1) is 33.6. The lowest BCUT2D eigenvalue weighted by Crippen LogP contribution is -2.50. The number of halogens is 2. The van der Waals surface area contributed by atoms with E-state index in [1.165, 1.54) is 34.2 Å². The molecule has 0 saturated heterocycles. The van der Waals surface area contributed by atoms with E-state index in [1.807, 2.05) is 41.8 Å². The molecule has 0 amide bonds. The van der Waals surface area contributed by atoms with Crippen LogP contribution in [-0.4, -0.2) is 50.2 Å². The maximum atomic E-state index is 14.1. The Kier molecular flexibility index (Phi) is 10.4. The van der Waals surface area contributed by atoms with Gasteiger partial charge in [-0.1, -0.05) is 48.5 Å². The molecule has 13 heteroatoms. The molecule has 1 atom stereocenters. The summed E-state index contributed by atoms with van der Waals surface area (Å²) >= 11 is 8.32. The number of aliphatic imine (C=N–C) groups is 1. The van der Waals surface area contributed by atoms with Gasteiger partial charge in [-0.3, -0.25) is 0 Å². The van der Waals surface area contributed by atoms with Crippen LogP contribution in [0.2, 0.25) is 0 Å². The van der Waals surface area contributed by atoms with E-state index in [9.17, 15) is 12.8 Å². The van der Waals surface area contributed by atoms with Crippen LogP contribution in [0, 0.1) is 5.82 Å². The van der Waals surface area contributed by atoms with Crippen molar-refractivity contribution in [1.29, 1.82) is 0 Å². The van der Waals surface area contributed by atoms with Crippen molar-refractivity contribution in [3.63, 3.8) is 0 Å². The molecule has 0 radical (unpaired) electrons. The van der Waals surface area contributed by atoms with E-state index in [0.29, 0.717) is 46.8 Å². The van der Waals surface area contributed by atoms with Gasteiger partial charge in [-0.2, -0.15) is 0 Å². The number of sulfone groups is 1. The number of benzene rings is 4. The van der Waals surface area contributed by atoms with Gasteiger partial charge in [0.25, 0.3) is 5.85 Å². The number of nitrogens with one attached hydrogen (secondary N) is 1. The molecule has 6 rings (SSSR count). The highest BCUT2D eigenvalue weighted by atomic mass is 35.5. The van der Waals surface area contributed by atoms with Gasteiger partial charge in [0.15, 0.2) is 9.84 Å². The molecule has 5 aromatic rings. The van der Waals surface area contributed by atoms with Crippen LogP contribution in [0.15, 0.2) is 112 Å². The van der Waals surface area contributed by atoms with E-state index in [2.05, 4.69) is 10.3 Å². The summed E-state index contributed by atoms with van der Waals surface area (Å²) in [6, 6.07) is 27.7. The van der Waals surface area contributed by atoms with Gasteiger partial charge in [0.05, 0.1) is 59.5 Å². The maximum Gasteiger partial charge on any atom is 0.264 e. The SMILES string of the molecule is COc1cc2c(cc1-c1csc(CCOCCS(=O)(=O)c3ccccc3)n1)C(Nc1ccccc1)(OCc1cccc(F)c1)N(Cl)C=N2. The molecule has 1 N–H and O–H groups in total. The molecule has 1 unspecified atom stereocenters. The minimum atomic E-state index is -3.41. The monoisotopic (exact) mass is 706 g/mol. The molecular formula is C35H32ClFN4O5S2. The molecule has 0 spiro atoms. The van der Waals surface area contributed by atoms with Crippen molar-refractivity contribution in [1.82, 2.24) is 9.40 Å². The van der Waals surface area contributed by atoms with Crippen molar-refractivity contribution < 1.29 is 27.0 Å². The molecule has 0 aliphatic carbocycles. The zero-order valence-electron chi connectivity index (χ0n) is 25.9. The number of nitrogens with zero attached hydrogens (tertiary/aromatic N) is 3. The maximum absolute atomic E-state index is 14.1. The molecule has 0 saturated carbocycles. The van der Waals surface area contributed by atoms with Gasteiger partial charge in [0.1, 0.15) is 17.9 Å². The van der Waals surface area contributed by atoms with Crippen molar-refractivity contribution in [2.75, 3.05) is 31.4 Å². The number of aromatic nitrogens is 1. The van der Waals surface area contributed by atoms with E-state index < -0.39 is 15.7 Å². The Bertz CT molecular complexity index is 2000. The number of methoxy groups -OCH3 is 1. The molecule has 1 aromatic heterocycles. The Balaban J connectivity index is 1.24. The fourth-order valence-electron chi connectivity index (χ4n) is 5.18. The molecule has 9 nitrogen and oxygen atoms in total. The average Bonchev–Trinajstić information content (AvgIpc) is 3.58. The highest BCUT2D eigenvalue weighted by Gasteiger charge is 2.44. The molecule has 1 aliphatic heterocycles. The van der Waals surface area contributed by atoms with Crippen LogP contribution in [0.1, 0.15) is 16.1 Å². The zero-order chi connectivity index (χ0) is 33.6. The number of hydrogen-bond acceptors (Lipinski definition) is 10. The van der Waals surface area contributed by atoms with Crippen LogP contribution >= 0.6 is 23.1 Å². The predicted octanol–water partition coefficient (Wildman–Crippen LogP) is 7.56. The van der Waals surface area contributed by atoms with E-state index in [-0.39, 0.29) is 29.7 Å². The minimum Gasteiger partial charge on any atom is -0.496 e. The largest absolute Gasteiger partial charge is 0.496 e. The standard InChI is InChI=1S/C35H32ClFN4O5S2/c1-44-33-21-31-30(20-29(33)32-23-47-34(39-32)15-16-45-17-18-48(42,43)28-13-6-3-7-14-28)35(41(36)24-38-31,40-27-11-4-2-5-12-27)46-22-25-9-8-10-26(37)19-25/h2-14,19-21,23-24,40H,15-18,22H2,1H3. The second kappa shape index (κ2) is 14.8. The average molecular weight is 707 g/mol. The number of para-hydroxylation sites is 1. The lowest BCUT2D eigenvalue weighted by atomic mass is 9.99. The number of fused-ring (bicyclic) bond motifs is 1. The van der Waals surface area contributed by atoms with Crippen molar-refractivity contribution in [2.24, 2.45) is 4.99 Å². The summed E-state index contributed by atoms with van der Waals surface area (Å²) in [6.45, 7) is 0.422. The Morgan fingerprint density at radius 3 is 2.50 bits per heavy atom. The molecule has 248 valence electrons. The summed E-state index contributed by atoms with van der Waals surface area (Å²) < 4.78 is 58.5. The molecule has 1 aliphatic rings. The third-order valence-corrected chi connectivity index (χ3v) is 10.5. The Labute approximate surface area is 287 Å². The smallest absolute Gasteiger partial charge is 0.264 e. The molecule has 2 heterocycles. The number of rotatable bonds is 14. The van der Waals surface area contributed by atoms with Crippen molar-refractivity contribution in [3.05, 3.63) is 124 Å². The van der Waals surface area contributed by atoms with Gasteiger partial charge in [-0.25, -0.2) is 27.2 Å². The second-order valence-electron chi connectivity index (χ2n) is 10.8. The van der Waals surface area contributed by atoms with Crippen LogP contribution < -0.4 is 10.1 Å². The molecule has 0 fully saturated rings. The summed E-state index contributed by atoms with van der Waals surface area (Å²) in [5.41, 5.74) is 3.85. The van der Waals surface area contributed by atoms with Crippen LogP contribution in [0.25, 0.3) is 11.3 Å². The Morgan fingerprint density at radius 2 is 1.75 bits per heavy atom. The summed E-state index contributed by atoms with van der Waals surface area (Å²) in [4.78, 5) is 9.67. The van der Waals surface area contributed by atoms with Gasteiger partial charge >= 0.3 is 0 Å². The third-order valence-electron chi connectivity index (χ3n) is 7.59. The van der Waals surface area contributed by atoms with E-state index >= 15 is 0 Å². The topological polar surface area (TPSA) is 102 Å². The molecule has 0 bridgehead atoms. The highest BCUT2D eigenvalue weighted by Crippen LogP contribution is 2.46. The predicted molar refractivity (Wildman–Crippen MR) is 186 cm³/mol. The first-order chi connectivity index (χ1) is 23.3. The summed E-state index contributed by atoms with van der Waals surface area (Å²) in [5.74, 6) is -1.39. The van der Waals surface area contributed by atoms with Gasteiger partial charge in [-0.15, -0.1) is 11.3 Å². The van der Waals surface area contributed by atoms with Crippen molar-refractivity contribution in [3.8, 4) is 17.0 Å². The zero-order valence-corrected chi connectivity index (χ0v) is 28.3. The minimum absolute atomic E-state index is 0.0307. The van der Waals surface area contributed by atoms with Gasteiger partial charge in [0.2, 0.25) is 0 Å². The first-order valence-electron chi connectivity index (χ1n) is 15.0. The number of hydrogen-bond donors (Lipinski definition) is 1. The molecule has 48 heavy (non-hydrogen) atoms. The summed E-state index contributed by atoms with van der Waals surface area (Å²) in [6.07, 6.45) is 1.95. The summed E-state index contributed by atoms with van der Waals surface area (Å²) in [5, 5.41) is 6.17. The van der Waals surface area contributed by atoms with E-state index in [1.54, 1.807) is 55.6 Å².